The molecular formula is C15H21BrN2O3. The lowest BCUT2D eigenvalue weighted by Gasteiger charge is -2.16. The first kappa shape index (κ1) is 17.5. The Morgan fingerprint density at radius 1 is 1.33 bits per heavy atom. The van der Waals surface area contributed by atoms with Crippen LogP contribution in [0.5, 0.6) is 0 Å². The second-order valence-electron chi connectivity index (χ2n) is 5.07. The van der Waals surface area contributed by atoms with Gasteiger partial charge in [0.25, 0.3) is 0 Å². The Hall–Kier alpha value is -1.56. The van der Waals surface area contributed by atoms with Gasteiger partial charge in [0.2, 0.25) is 0 Å². The van der Waals surface area contributed by atoms with Crippen molar-refractivity contribution in [1.29, 1.82) is 0 Å². The van der Waals surface area contributed by atoms with E-state index in [4.69, 9.17) is 5.11 Å². The van der Waals surface area contributed by atoms with Gasteiger partial charge in [-0.3, -0.25) is 0 Å². The van der Waals surface area contributed by atoms with Gasteiger partial charge in [0.15, 0.2) is 0 Å². The number of aliphatic carboxylic acids is 1. The van der Waals surface area contributed by atoms with E-state index in [-0.39, 0.29) is 0 Å². The van der Waals surface area contributed by atoms with Crippen molar-refractivity contribution in [3.8, 4) is 0 Å². The fourth-order valence-corrected chi connectivity index (χ4v) is 2.82. The van der Waals surface area contributed by atoms with Gasteiger partial charge in [-0.1, -0.05) is 25.8 Å². The first-order valence-electron chi connectivity index (χ1n) is 6.92. The Balaban J connectivity index is 2.74. The number of hydrogen-bond donors (Lipinski definition) is 3. The van der Waals surface area contributed by atoms with Crippen molar-refractivity contribution < 1.29 is 14.7 Å². The van der Waals surface area contributed by atoms with Crippen molar-refractivity contribution in [1.82, 2.24) is 5.32 Å². The highest BCUT2D eigenvalue weighted by Crippen LogP contribution is 2.27. The first-order chi connectivity index (χ1) is 9.85. The molecule has 0 aliphatic rings. The fraction of sp³-hybridized carbons (Fsp3) is 0.467. The molecule has 0 spiro atoms. The molecule has 5 nitrogen and oxygen atoms in total. The summed E-state index contributed by atoms with van der Waals surface area (Å²) in [5, 5.41) is 14.3. The van der Waals surface area contributed by atoms with Crippen LogP contribution in [0.1, 0.15) is 37.3 Å². The van der Waals surface area contributed by atoms with Crippen LogP contribution in [0, 0.1) is 13.8 Å². The van der Waals surface area contributed by atoms with Gasteiger partial charge in [-0.15, -0.1) is 0 Å². The number of unbranched alkanes of at least 4 members (excludes halogenated alkanes) is 1. The normalized spacial score (nSPS) is 11.8. The van der Waals surface area contributed by atoms with Crippen LogP contribution in [0.4, 0.5) is 10.5 Å². The van der Waals surface area contributed by atoms with Gasteiger partial charge in [0.1, 0.15) is 6.04 Å². The Bertz CT molecular complexity index is 509. The third kappa shape index (κ3) is 5.38. The number of carbonyl (C=O) groups is 2. The van der Waals surface area contributed by atoms with Gasteiger partial charge in [-0.05, 0) is 53.4 Å². The SMILES string of the molecule is CCCCC(NC(=O)Nc1c(C)cc(C)cc1Br)C(=O)O. The molecule has 0 heterocycles. The van der Waals surface area contributed by atoms with Gasteiger partial charge in [-0.2, -0.15) is 0 Å². The molecule has 0 radical (unpaired) electrons. The summed E-state index contributed by atoms with van der Waals surface area (Å²) < 4.78 is 0.774. The average molecular weight is 357 g/mol. The minimum Gasteiger partial charge on any atom is -0.480 e. The summed E-state index contributed by atoms with van der Waals surface area (Å²) in [6.45, 7) is 5.83. The number of benzene rings is 1. The van der Waals surface area contributed by atoms with E-state index in [0.29, 0.717) is 12.1 Å². The third-order valence-corrected chi connectivity index (χ3v) is 3.75. The van der Waals surface area contributed by atoms with Gasteiger partial charge in [0.05, 0.1) is 5.69 Å². The minimum absolute atomic E-state index is 0.424. The highest BCUT2D eigenvalue weighted by molar-refractivity contribution is 9.10. The van der Waals surface area contributed by atoms with E-state index < -0.39 is 18.0 Å². The number of aryl methyl sites for hydroxylation is 2. The predicted molar refractivity (Wildman–Crippen MR) is 86.7 cm³/mol. The number of amides is 2. The van der Waals surface area contributed by atoms with Crippen molar-refractivity contribution in [2.24, 2.45) is 0 Å². The zero-order valence-electron chi connectivity index (χ0n) is 12.5. The molecule has 0 aromatic heterocycles. The number of carboxylic acids is 1. The topological polar surface area (TPSA) is 78.4 Å². The van der Waals surface area contributed by atoms with E-state index in [1.165, 1.54) is 0 Å². The first-order valence-corrected chi connectivity index (χ1v) is 7.71. The van der Waals surface area contributed by atoms with Crippen molar-refractivity contribution >= 4 is 33.6 Å². The molecule has 6 heteroatoms. The van der Waals surface area contributed by atoms with E-state index in [1.54, 1.807) is 0 Å². The standard InChI is InChI=1S/C15H21BrN2O3/c1-4-5-6-12(14(19)20)17-15(21)18-13-10(3)7-9(2)8-11(13)16/h7-8,12H,4-6H2,1-3H3,(H,19,20)(H2,17,18,21). The zero-order valence-corrected chi connectivity index (χ0v) is 14.1. The zero-order chi connectivity index (χ0) is 16.0. The van der Waals surface area contributed by atoms with Gasteiger partial charge >= 0.3 is 12.0 Å². The molecule has 2 amide bonds. The molecule has 116 valence electrons. The van der Waals surface area contributed by atoms with Gasteiger partial charge < -0.3 is 15.7 Å². The van der Waals surface area contributed by atoms with Crippen LogP contribution in [0.3, 0.4) is 0 Å². The summed E-state index contributed by atoms with van der Waals surface area (Å²) in [6, 6.07) is 2.47. The van der Waals surface area contributed by atoms with E-state index in [0.717, 1.165) is 28.4 Å². The maximum absolute atomic E-state index is 12.0. The second-order valence-corrected chi connectivity index (χ2v) is 5.92. The number of urea groups is 1. The molecule has 0 fully saturated rings. The second kappa shape index (κ2) is 8.02. The Morgan fingerprint density at radius 3 is 2.52 bits per heavy atom. The largest absolute Gasteiger partial charge is 0.480 e. The molecular weight excluding hydrogens is 336 g/mol. The number of nitrogens with one attached hydrogen (secondary N) is 2. The number of hydrogen-bond acceptors (Lipinski definition) is 2. The summed E-state index contributed by atoms with van der Waals surface area (Å²) in [5.74, 6) is -1.02. The number of anilines is 1. The van der Waals surface area contributed by atoms with Crippen LogP contribution in [-0.2, 0) is 4.79 Å². The maximum atomic E-state index is 12.0. The predicted octanol–water partition coefficient (Wildman–Crippen LogP) is 3.83. The molecule has 1 aromatic carbocycles. The number of carbonyl (C=O) groups excluding carboxylic acids is 1. The summed E-state index contributed by atoms with van der Waals surface area (Å²) in [5.41, 5.74) is 2.65. The summed E-state index contributed by atoms with van der Waals surface area (Å²) >= 11 is 3.40. The molecule has 1 aromatic rings. The lowest BCUT2D eigenvalue weighted by atomic mass is 10.1. The monoisotopic (exact) mass is 356 g/mol. The van der Waals surface area contributed by atoms with Crippen LogP contribution in [0.15, 0.2) is 16.6 Å². The lowest BCUT2D eigenvalue weighted by molar-refractivity contribution is -0.139. The van der Waals surface area contributed by atoms with Gasteiger partial charge in [0, 0.05) is 4.47 Å². The van der Waals surface area contributed by atoms with Crippen LogP contribution < -0.4 is 10.6 Å². The van der Waals surface area contributed by atoms with E-state index >= 15 is 0 Å². The molecule has 3 N–H and O–H groups in total. The highest BCUT2D eigenvalue weighted by Gasteiger charge is 2.19. The number of halogens is 1. The molecule has 0 aliphatic heterocycles. The van der Waals surface area contributed by atoms with E-state index in [2.05, 4.69) is 26.6 Å². The Labute approximate surface area is 133 Å². The van der Waals surface area contributed by atoms with Gasteiger partial charge in [-0.25, -0.2) is 9.59 Å². The van der Waals surface area contributed by atoms with Crippen molar-refractivity contribution in [2.75, 3.05) is 5.32 Å². The fourth-order valence-electron chi connectivity index (χ4n) is 2.05. The van der Waals surface area contributed by atoms with Crippen LogP contribution >= 0.6 is 15.9 Å². The van der Waals surface area contributed by atoms with E-state index in [9.17, 15) is 9.59 Å². The molecule has 1 atom stereocenters. The van der Waals surface area contributed by atoms with E-state index in [1.807, 2.05) is 32.9 Å². The summed E-state index contributed by atoms with van der Waals surface area (Å²) in [7, 11) is 0. The molecule has 0 aliphatic carbocycles. The molecule has 1 unspecified atom stereocenters. The smallest absolute Gasteiger partial charge is 0.326 e. The minimum atomic E-state index is -1.02. The Morgan fingerprint density at radius 2 is 2.00 bits per heavy atom. The molecule has 0 saturated heterocycles. The highest BCUT2D eigenvalue weighted by atomic mass is 79.9. The quantitative estimate of drug-likeness (QED) is 0.724. The van der Waals surface area contributed by atoms with Crippen LogP contribution in [0.25, 0.3) is 0 Å². The molecule has 21 heavy (non-hydrogen) atoms. The van der Waals surface area contributed by atoms with Crippen LogP contribution in [0.2, 0.25) is 0 Å². The molecule has 0 saturated carbocycles. The van der Waals surface area contributed by atoms with Crippen molar-refractivity contribution in [3.05, 3.63) is 27.7 Å². The average Bonchev–Trinajstić information content (AvgIpc) is 2.38. The van der Waals surface area contributed by atoms with Crippen molar-refractivity contribution in [2.45, 2.75) is 46.1 Å². The molecule has 1 rings (SSSR count). The molecule has 0 bridgehead atoms. The van der Waals surface area contributed by atoms with Crippen molar-refractivity contribution in [3.63, 3.8) is 0 Å². The summed E-state index contributed by atoms with van der Waals surface area (Å²) in [6.07, 6.45) is 2.06. The number of carboxylic acid groups (broad SMARTS) is 1. The Kier molecular flexibility index (Phi) is 6.68. The maximum Gasteiger partial charge on any atom is 0.326 e. The third-order valence-electron chi connectivity index (χ3n) is 3.12. The summed E-state index contributed by atoms with van der Waals surface area (Å²) in [4.78, 5) is 23.1. The lowest BCUT2D eigenvalue weighted by Crippen LogP contribution is -2.43. The number of rotatable bonds is 6. The van der Waals surface area contributed by atoms with Crippen LogP contribution in [-0.4, -0.2) is 23.1 Å².